The maximum atomic E-state index is 13.0. The fourth-order valence-electron chi connectivity index (χ4n) is 2.74. The molecule has 1 saturated heterocycles. The van der Waals surface area contributed by atoms with Crippen LogP contribution in [0.3, 0.4) is 0 Å². The van der Waals surface area contributed by atoms with Crippen LogP contribution in [0.2, 0.25) is 5.02 Å². The van der Waals surface area contributed by atoms with Crippen LogP contribution in [0.15, 0.2) is 28.9 Å². The standard InChI is InChI=1S/C18H20ClFN2O4/c1-22(9-13-4-2-3-7-24-13)18(23)15-10-26-17(21-15)11-25-16-6-5-12(20)8-14(16)19/h5-6,8,10,13H,2-4,7,9,11H2,1H3. The third-order valence-electron chi connectivity index (χ3n) is 4.11. The zero-order chi connectivity index (χ0) is 18.5. The lowest BCUT2D eigenvalue weighted by Crippen LogP contribution is -2.37. The van der Waals surface area contributed by atoms with Crippen molar-refractivity contribution >= 4 is 17.5 Å². The van der Waals surface area contributed by atoms with Crippen molar-refractivity contribution in [3.8, 4) is 5.75 Å². The molecule has 1 atom stereocenters. The molecule has 26 heavy (non-hydrogen) atoms. The van der Waals surface area contributed by atoms with Crippen molar-refractivity contribution in [1.82, 2.24) is 9.88 Å². The highest BCUT2D eigenvalue weighted by atomic mass is 35.5. The molecule has 0 N–H and O–H groups in total. The number of halogens is 2. The highest BCUT2D eigenvalue weighted by Gasteiger charge is 2.22. The molecule has 0 radical (unpaired) electrons. The Morgan fingerprint density at radius 2 is 2.31 bits per heavy atom. The molecule has 1 aromatic heterocycles. The van der Waals surface area contributed by atoms with Crippen LogP contribution in [0.5, 0.6) is 5.75 Å². The molecule has 0 saturated carbocycles. The molecule has 2 aromatic rings. The Morgan fingerprint density at radius 1 is 1.46 bits per heavy atom. The van der Waals surface area contributed by atoms with Gasteiger partial charge in [0.25, 0.3) is 5.91 Å². The van der Waals surface area contributed by atoms with E-state index in [9.17, 15) is 9.18 Å². The Balaban J connectivity index is 1.55. The summed E-state index contributed by atoms with van der Waals surface area (Å²) in [5.74, 6) is -0.146. The smallest absolute Gasteiger partial charge is 0.275 e. The maximum Gasteiger partial charge on any atom is 0.275 e. The third-order valence-corrected chi connectivity index (χ3v) is 4.41. The van der Waals surface area contributed by atoms with Crippen molar-refractivity contribution in [3.05, 3.63) is 46.9 Å². The Hall–Kier alpha value is -2.12. The number of amides is 1. The first-order chi connectivity index (χ1) is 12.5. The van der Waals surface area contributed by atoms with Crippen LogP contribution in [0.4, 0.5) is 4.39 Å². The van der Waals surface area contributed by atoms with Crippen molar-refractivity contribution in [1.29, 1.82) is 0 Å². The Bertz CT molecular complexity index is 761. The van der Waals surface area contributed by atoms with Crippen molar-refractivity contribution in [2.24, 2.45) is 0 Å². The molecule has 1 amide bonds. The largest absolute Gasteiger partial charge is 0.482 e. The van der Waals surface area contributed by atoms with Gasteiger partial charge < -0.3 is 18.8 Å². The van der Waals surface area contributed by atoms with E-state index in [0.717, 1.165) is 31.9 Å². The minimum atomic E-state index is -0.448. The predicted octanol–water partition coefficient (Wildman–Crippen LogP) is 3.69. The second kappa shape index (κ2) is 8.51. The van der Waals surface area contributed by atoms with Crippen molar-refractivity contribution < 1.29 is 23.1 Å². The first kappa shape index (κ1) is 18.7. The van der Waals surface area contributed by atoms with E-state index in [2.05, 4.69) is 4.98 Å². The number of likely N-dealkylation sites (N-methyl/N-ethyl adjacent to an activating group) is 1. The summed E-state index contributed by atoms with van der Waals surface area (Å²) in [4.78, 5) is 18.2. The van der Waals surface area contributed by atoms with Crippen LogP contribution in [0, 0.1) is 5.82 Å². The molecular formula is C18H20ClFN2O4. The summed E-state index contributed by atoms with van der Waals surface area (Å²) in [5, 5.41) is 0.153. The molecule has 1 aromatic carbocycles. The number of aromatic nitrogens is 1. The zero-order valence-electron chi connectivity index (χ0n) is 14.4. The first-order valence-corrected chi connectivity index (χ1v) is 8.80. The average Bonchev–Trinajstić information content (AvgIpc) is 3.10. The van der Waals surface area contributed by atoms with Gasteiger partial charge in [-0.3, -0.25) is 4.79 Å². The van der Waals surface area contributed by atoms with Gasteiger partial charge in [0.05, 0.1) is 11.1 Å². The van der Waals surface area contributed by atoms with E-state index in [-0.39, 0.29) is 35.2 Å². The molecule has 1 aliphatic heterocycles. The molecule has 6 nitrogen and oxygen atoms in total. The van der Waals surface area contributed by atoms with Crippen LogP contribution >= 0.6 is 11.6 Å². The fraction of sp³-hybridized carbons (Fsp3) is 0.444. The normalized spacial score (nSPS) is 17.1. The summed E-state index contributed by atoms with van der Waals surface area (Å²) < 4.78 is 29.4. The predicted molar refractivity (Wildman–Crippen MR) is 92.8 cm³/mol. The summed E-state index contributed by atoms with van der Waals surface area (Å²) in [7, 11) is 1.71. The van der Waals surface area contributed by atoms with E-state index in [1.54, 1.807) is 11.9 Å². The maximum absolute atomic E-state index is 13.0. The number of carbonyl (C=O) groups excluding carboxylic acids is 1. The topological polar surface area (TPSA) is 64.8 Å². The van der Waals surface area contributed by atoms with Gasteiger partial charge in [0.15, 0.2) is 12.3 Å². The van der Waals surface area contributed by atoms with Crippen LogP contribution in [-0.2, 0) is 11.3 Å². The summed E-state index contributed by atoms with van der Waals surface area (Å²) >= 11 is 5.90. The molecule has 8 heteroatoms. The number of benzene rings is 1. The fourth-order valence-corrected chi connectivity index (χ4v) is 2.96. The van der Waals surface area contributed by atoms with Gasteiger partial charge in [0.1, 0.15) is 17.8 Å². The van der Waals surface area contributed by atoms with Gasteiger partial charge in [-0.2, -0.15) is 0 Å². The number of oxazole rings is 1. The quantitative estimate of drug-likeness (QED) is 0.762. The first-order valence-electron chi connectivity index (χ1n) is 8.42. The van der Waals surface area contributed by atoms with E-state index in [1.807, 2.05) is 0 Å². The summed E-state index contributed by atoms with van der Waals surface area (Å²) in [6.45, 7) is 1.24. The van der Waals surface area contributed by atoms with Crippen LogP contribution in [0.1, 0.15) is 35.6 Å². The molecule has 1 unspecified atom stereocenters. The number of hydrogen-bond acceptors (Lipinski definition) is 5. The van der Waals surface area contributed by atoms with E-state index >= 15 is 0 Å². The van der Waals surface area contributed by atoms with Gasteiger partial charge in [0.2, 0.25) is 5.89 Å². The second-order valence-electron chi connectivity index (χ2n) is 6.16. The van der Waals surface area contributed by atoms with Gasteiger partial charge in [-0.1, -0.05) is 11.6 Å². The lowest BCUT2D eigenvalue weighted by atomic mass is 10.1. The number of carbonyl (C=O) groups is 1. The molecule has 0 bridgehead atoms. The van der Waals surface area contributed by atoms with Gasteiger partial charge in [-0.25, -0.2) is 9.37 Å². The lowest BCUT2D eigenvalue weighted by Gasteiger charge is -2.26. The number of hydrogen-bond donors (Lipinski definition) is 0. The molecule has 1 fully saturated rings. The van der Waals surface area contributed by atoms with Crippen LogP contribution < -0.4 is 4.74 Å². The van der Waals surface area contributed by atoms with E-state index in [4.69, 9.17) is 25.5 Å². The van der Waals surface area contributed by atoms with Gasteiger partial charge in [-0.05, 0) is 37.5 Å². The van der Waals surface area contributed by atoms with Crippen LogP contribution in [-0.4, -0.2) is 42.1 Å². The average molecular weight is 383 g/mol. The van der Waals surface area contributed by atoms with Gasteiger partial charge >= 0.3 is 0 Å². The Kier molecular flexibility index (Phi) is 6.11. The minimum Gasteiger partial charge on any atom is -0.482 e. The zero-order valence-corrected chi connectivity index (χ0v) is 15.2. The lowest BCUT2D eigenvalue weighted by molar-refractivity contribution is -0.000293. The van der Waals surface area contributed by atoms with Crippen molar-refractivity contribution in [2.45, 2.75) is 32.0 Å². The van der Waals surface area contributed by atoms with Crippen molar-refractivity contribution in [2.75, 3.05) is 20.2 Å². The molecular weight excluding hydrogens is 363 g/mol. The summed E-state index contributed by atoms with van der Waals surface area (Å²) in [5.41, 5.74) is 0.201. The monoisotopic (exact) mass is 382 g/mol. The summed E-state index contributed by atoms with van der Waals surface area (Å²) in [6, 6.07) is 3.82. The number of nitrogens with zero attached hydrogens (tertiary/aromatic N) is 2. The SMILES string of the molecule is CN(CC1CCCCO1)C(=O)c1coc(COc2ccc(F)cc2Cl)n1. The second-order valence-corrected chi connectivity index (χ2v) is 6.57. The van der Waals surface area contributed by atoms with E-state index < -0.39 is 5.82 Å². The molecule has 0 aliphatic carbocycles. The molecule has 1 aliphatic rings. The number of ether oxygens (including phenoxy) is 2. The Labute approximate surface area is 155 Å². The molecule has 3 rings (SSSR count). The third kappa shape index (κ3) is 4.74. The molecule has 140 valence electrons. The Morgan fingerprint density at radius 3 is 3.04 bits per heavy atom. The van der Waals surface area contributed by atoms with Crippen molar-refractivity contribution in [3.63, 3.8) is 0 Å². The van der Waals surface area contributed by atoms with Gasteiger partial charge in [0, 0.05) is 20.2 Å². The number of rotatable bonds is 6. The highest BCUT2D eigenvalue weighted by molar-refractivity contribution is 6.32. The summed E-state index contributed by atoms with van der Waals surface area (Å²) in [6.07, 6.45) is 4.50. The van der Waals surface area contributed by atoms with E-state index in [0.29, 0.717) is 12.3 Å². The highest BCUT2D eigenvalue weighted by Crippen LogP contribution is 2.25. The molecule has 2 heterocycles. The molecule has 0 spiro atoms. The van der Waals surface area contributed by atoms with Gasteiger partial charge in [-0.15, -0.1) is 0 Å². The van der Waals surface area contributed by atoms with Crippen LogP contribution in [0.25, 0.3) is 0 Å². The minimum absolute atomic E-state index is 0.0198. The van der Waals surface area contributed by atoms with E-state index in [1.165, 1.54) is 18.4 Å².